The number of pyridine rings is 1. The van der Waals surface area contributed by atoms with Crippen LogP contribution < -0.4 is 5.32 Å². The third-order valence-electron chi connectivity index (χ3n) is 3.05. The van der Waals surface area contributed by atoms with Crippen molar-refractivity contribution < 1.29 is 13.2 Å². The van der Waals surface area contributed by atoms with E-state index in [1.165, 1.54) is 6.20 Å². The minimum absolute atomic E-state index is 0.0372. The van der Waals surface area contributed by atoms with Crippen LogP contribution in [0.2, 0.25) is 0 Å². The molecular weight excluding hydrogens is 266 g/mol. The van der Waals surface area contributed by atoms with Gasteiger partial charge in [-0.15, -0.1) is 0 Å². The summed E-state index contributed by atoms with van der Waals surface area (Å²) in [7, 11) is -2.98. The molecule has 19 heavy (non-hydrogen) atoms. The topological polar surface area (TPSA) is 79.4 Å². The molecule has 2 heterocycles. The molecule has 7 heteroatoms. The predicted molar refractivity (Wildman–Crippen MR) is 73.0 cm³/mol. The molecule has 0 aromatic carbocycles. The number of carbonyl (C=O) groups excluding carboxylic acids is 1. The maximum absolute atomic E-state index is 12.4. The van der Waals surface area contributed by atoms with Gasteiger partial charge in [-0.05, 0) is 13.0 Å². The molecule has 1 saturated heterocycles. The summed E-state index contributed by atoms with van der Waals surface area (Å²) in [6.45, 7) is 3.16. The number of rotatable bonds is 3. The van der Waals surface area contributed by atoms with Gasteiger partial charge in [-0.1, -0.05) is 0 Å². The number of carbonyl (C=O) groups is 1. The van der Waals surface area contributed by atoms with Crippen LogP contribution in [0.15, 0.2) is 18.5 Å². The van der Waals surface area contributed by atoms with Gasteiger partial charge < -0.3 is 10.2 Å². The van der Waals surface area contributed by atoms with E-state index in [0.29, 0.717) is 12.1 Å². The van der Waals surface area contributed by atoms with E-state index in [-0.39, 0.29) is 30.5 Å². The van der Waals surface area contributed by atoms with Crippen molar-refractivity contribution in [2.45, 2.75) is 6.92 Å². The molecule has 0 unspecified atom stereocenters. The molecule has 6 nitrogen and oxygen atoms in total. The van der Waals surface area contributed by atoms with Gasteiger partial charge in [-0.3, -0.25) is 9.78 Å². The van der Waals surface area contributed by atoms with Gasteiger partial charge in [0.15, 0.2) is 9.84 Å². The first kappa shape index (κ1) is 13.8. The highest BCUT2D eigenvalue weighted by Gasteiger charge is 2.26. The summed E-state index contributed by atoms with van der Waals surface area (Å²) in [5.41, 5.74) is 1.22. The van der Waals surface area contributed by atoms with Crippen molar-refractivity contribution in [3.05, 3.63) is 24.0 Å². The summed E-state index contributed by atoms with van der Waals surface area (Å²) in [4.78, 5) is 17.9. The van der Waals surface area contributed by atoms with E-state index >= 15 is 0 Å². The van der Waals surface area contributed by atoms with Crippen LogP contribution in [0.1, 0.15) is 17.3 Å². The summed E-state index contributed by atoms with van der Waals surface area (Å²) in [6.07, 6.45) is 3.14. The third-order valence-corrected chi connectivity index (χ3v) is 4.66. The first-order valence-corrected chi connectivity index (χ1v) is 8.03. The molecule has 1 N–H and O–H groups in total. The Morgan fingerprint density at radius 1 is 1.42 bits per heavy atom. The Kier molecular flexibility index (Phi) is 4.04. The quantitative estimate of drug-likeness (QED) is 0.867. The van der Waals surface area contributed by atoms with Crippen LogP contribution >= 0.6 is 0 Å². The molecule has 0 bridgehead atoms. The minimum Gasteiger partial charge on any atom is -0.385 e. The van der Waals surface area contributed by atoms with Crippen LogP contribution in [-0.2, 0) is 9.84 Å². The zero-order valence-electron chi connectivity index (χ0n) is 10.8. The number of hydrogen-bond acceptors (Lipinski definition) is 5. The van der Waals surface area contributed by atoms with Crippen LogP contribution in [0.4, 0.5) is 5.69 Å². The van der Waals surface area contributed by atoms with Crippen molar-refractivity contribution in [2.75, 3.05) is 36.5 Å². The van der Waals surface area contributed by atoms with E-state index in [1.54, 1.807) is 17.2 Å². The predicted octanol–water partition coefficient (Wildman–Crippen LogP) is 0.384. The normalized spacial score (nSPS) is 18.1. The molecule has 0 spiro atoms. The zero-order chi connectivity index (χ0) is 13.9. The fourth-order valence-corrected chi connectivity index (χ4v) is 3.20. The number of sulfone groups is 1. The van der Waals surface area contributed by atoms with E-state index in [0.717, 1.165) is 5.69 Å². The molecular formula is C12H17N3O3S. The Hall–Kier alpha value is -1.63. The molecule has 1 aromatic rings. The second kappa shape index (κ2) is 5.56. The van der Waals surface area contributed by atoms with Crippen LogP contribution in [0.25, 0.3) is 0 Å². The number of anilines is 1. The standard InChI is InChI=1S/C12H17N3O3S/c1-2-14-11-3-4-13-9-10(11)12(16)15-5-7-19(17,18)8-6-15/h3-4,9H,2,5-8H2,1H3,(H,13,14). The van der Waals surface area contributed by atoms with Gasteiger partial charge in [-0.25, -0.2) is 8.42 Å². The third kappa shape index (κ3) is 3.23. The number of hydrogen-bond donors (Lipinski definition) is 1. The van der Waals surface area contributed by atoms with Crippen LogP contribution in [0, 0.1) is 0 Å². The highest BCUT2D eigenvalue weighted by molar-refractivity contribution is 7.91. The van der Waals surface area contributed by atoms with Crippen molar-refractivity contribution in [3.63, 3.8) is 0 Å². The Morgan fingerprint density at radius 2 is 2.11 bits per heavy atom. The Labute approximate surface area is 112 Å². The summed E-state index contributed by atoms with van der Waals surface area (Å²) in [6, 6.07) is 1.75. The average Bonchev–Trinajstić information content (AvgIpc) is 2.39. The van der Waals surface area contributed by atoms with Gasteiger partial charge in [-0.2, -0.15) is 0 Å². The van der Waals surface area contributed by atoms with Crippen molar-refractivity contribution in [1.82, 2.24) is 9.88 Å². The fraction of sp³-hybridized carbons (Fsp3) is 0.500. The van der Waals surface area contributed by atoms with Crippen LogP contribution in [0.3, 0.4) is 0 Å². The molecule has 0 atom stereocenters. The number of nitrogens with zero attached hydrogens (tertiary/aromatic N) is 2. The zero-order valence-corrected chi connectivity index (χ0v) is 11.6. The monoisotopic (exact) mass is 283 g/mol. The molecule has 2 rings (SSSR count). The van der Waals surface area contributed by atoms with E-state index in [4.69, 9.17) is 0 Å². The summed E-state index contributed by atoms with van der Waals surface area (Å²) in [5, 5.41) is 3.11. The van der Waals surface area contributed by atoms with Crippen LogP contribution in [-0.4, -0.2) is 55.3 Å². The van der Waals surface area contributed by atoms with Crippen molar-refractivity contribution >= 4 is 21.4 Å². The molecule has 1 amide bonds. The number of nitrogens with one attached hydrogen (secondary N) is 1. The van der Waals surface area contributed by atoms with E-state index in [9.17, 15) is 13.2 Å². The van der Waals surface area contributed by atoms with Crippen molar-refractivity contribution in [3.8, 4) is 0 Å². The fourth-order valence-electron chi connectivity index (χ4n) is 2.00. The van der Waals surface area contributed by atoms with E-state index in [2.05, 4.69) is 10.3 Å². The van der Waals surface area contributed by atoms with Gasteiger partial charge in [0.25, 0.3) is 5.91 Å². The second-order valence-corrected chi connectivity index (χ2v) is 6.70. The Balaban J connectivity index is 2.16. The lowest BCUT2D eigenvalue weighted by Crippen LogP contribution is -2.43. The second-order valence-electron chi connectivity index (χ2n) is 4.40. The average molecular weight is 283 g/mol. The van der Waals surface area contributed by atoms with Gasteiger partial charge in [0, 0.05) is 32.0 Å². The van der Waals surface area contributed by atoms with Gasteiger partial charge in [0.2, 0.25) is 0 Å². The van der Waals surface area contributed by atoms with E-state index < -0.39 is 9.84 Å². The lowest BCUT2D eigenvalue weighted by molar-refractivity contribution is 0.0771. The lowest BCUT2D eigenvalue weighted by Gasteiger charge is -2.27. The van der Waals surface area contributed by atoms with Crippen molar-refractivity contribution in [1.29, 1.82) is 0 Å². The van der Waals surface area contributed by atoms with Gasteiger partial charge in [0.1, 0.15) is 0 Å². The summed E-state index contributed by atoms with van der Waals surface area (Å²) < 4.78 is 22.7. The first-order chi connectivity index (χ1) is 9.03. The van der Waals surface area contributed by atoms with Gasteiger partial charge >= 0.3 is 0 Å². The molecule has 0 saturated carbocycles. The SMILES string of the molecule is CCNc1ccncc1C(=O)N1CCS(=O)(=O)CC1. The summed E-state index contributed by atoms with van der Waals surface area (Å²) >= 11 is 0. The minimum atomic E-state index is -2.98. The molecule has 1 aromatic heterocycles. The first-order valence-electron chi connectivity index (χ1n) is 6.21. The molecule has 1 fully saturated rings. The van der Waals surface area contributed by atoms with Crippen molar-refractivity contribution in [2.24, 2.45) is 0 Å². The summed E-state index contributed by atoms with van der Waals surface area (Å²) in [5.74, 6) is -0.0932. The van der Waals surface area contributed by atoms with Crippen LogP contribution in [0.5, 0.6) is 0 Å². The Morgan fingerprint density at radius 3 is 2.74 bits per heavy atom. The molecule has 1 aliphatic rings. The smallest absolute Gasteiger partial charge is 0.257 e. The maximum Gasteiger partial charge on any atom is 0.257 e. The van der Waals surface area contributed by atoms with E-state index in [1.807, 2.05) is 6.92 Å². The molecule has 0 aliphatic carbocycles. The highest BCUT2D eigenvalue weighted by atomic mass is 32.2. The maximum atomic E-state index is 12.4. The molecule has 1 aliphatic heterocycles. The lowest BCUT2D eigenvalue weighted by atomic mass is 10.2. The molecule has 0 radical (unpaired) electrons. The van der Waals surface area contributed by atoms with Gasteiger partial charge in [0.05, 0.1) is 22.8 Å². The Bertz CT molecular complexity index is 557. The highest BCUT2D eigenvalue weighted by Crippen LogP contribution is 2.17. The number of aromatic nitrogens is 1. The number of amides is 1. The molecule has 104 valence electrons. The largest absolute Gasteiger partial charge is 0.385 e.